The molecule has 19 heavy (non-hydrogen) atoms. The van der Waals surface area contributed by atoms with Crippen LogP contribution >= 0.6 is 0 Å². The lowest BCUT2D eigenvalue weighted by Crippen LogP contribution is -2.43. The Hall–Kier alpha value is -1.00. The molecule has 1 unspecified atom stereocenters. The summed E-state index contributed by atoms with van der Waals surface area (Å²) in [5.74, 6) is -1.54. The third-order valence-corrected chi connectivity index (χ3v) is 4.08. The van der Waals surface area contributed by atoms with Gasteiger partial charge in [0.25, 0.3) is 0 Å². The van der Waals surface area contributed by atoms with Crippen LogP contribution in [0.5, 0.6) is 0 Å². The fourth-order valence-corrected chi connectivity index (χ4v) is 2.76. The number of benzene rings is 1. The Balaban J connectivity index is 2.22. The monoisotopic (exact) mass is 269 g/mol. The molecule has 0 radical (unpaired) electrons. The van der Waals surface area contributed by atoms with Gasteiger partial charge in [0.2, 0.25) is 0 Å². The number of rotatable bonds is 6. The first-order valence-electron chi connectivity index (χ1n) is 6.84. The van der Waals surface area contributed by atoms with Gasteiger partial charge < -0.3 is 10.1 Å². The van der Waals surface area contributed by atoms with E-state index in [-0.39, 0.29) is 11.6 Å². The maximum atomic E-state index is 13.9. The van der Waals surface area contributed by atoms with Crippen LogP contribution in [0.2, 0.25) is 0 Å². The molecule has 0 aromatic heterocycles. The molecule has 0 amide bonds. The Morgan fingerprint density at radius 1 is 1.37 bits per heavy atom. The minimum Gasteiger partial charge on any atom is -0.378 e. The van der Waals surface area contributed by atoms with Crippen LogP contribution in [0.15, 0.2) is 18.2 Å². The van der Waals surface area contributed by atoms with Gasteiger partial charge in [0.15, 0.2) is 11.6 Å². The molecule has 4 heteroatoms. The predicted octanol–water partition coefficient (Wildman–Crippen LogP) is 3.57. The first-order chi connectivity index (χ1) is 9.12. The number of ether oxygens (including phenoxy) is 1. The van der Waals surface area contributed by atoms with E-state index in [9.17, 15) is 8.78 Å². The highest BCUT2D eigenvalue weighted by molar-refractivity contribution is 5.23. The standard InChI is InChI=1S/C15H21F2NO/c1-3-18-13(10-15(19-2)8-5-9-15)11-6-4-7-12(16)14(11)17/h4,6-7,13,18H,3,5,8-10H2,1-2H3. The van der Waals surface area contributed by atoms with Crippen molar-refractivity contribution in [1.29, 1.82) is 0 Å². The average molecular weight is 269 g/mol. The van der Waals surface area contributed by atoms with Crippen molar-refractivity contribution in [3.05, 3.63) is 35.4 Å². The number of hydrogen-bond acceptors (Lipinski definition) is 2. The van der Waals surface area contributed by atoms with Gasteiger partial charge in [-0.3, -0.25) is 0 Å². The van der Waals surface area contributed by atoms with Crippen LogP contribution < -0.4 is 5.32 Å². The van der Waals surface area contributed by atoms with Crippen molar-refractivity contribution in [1.82, 2.24) is 5.32 Å². The van der Waals surface area contributed by atoms with Crippen LogP contribution in [0, 0.1) is 11.6 Å². The zero-order chi connectivity index (χ0) is 13.9. The van der Waals surface area contributed by atoms with E-state index in [4.69, 9.17) is 4.74 Å². The van der Waals surface area contributed by atoms with Crippen LogP contribution in [-0.2, 0) is 4.74 Å². The average Bonchev–Trinajstić information content (AvgIpc) is 2.36. The smallest absolute Gasteiger partial charge is 0.163 e. The second-order valence-corrected chi connectivity index (χ2v) is 5.20. The quantitative estimate of drug-likeness (QED) is 0.852. The minimum atomic E-state index is -0.791. The molecule has 0 heterocycles. The SMILES string of the molecule is CCNC(CC1(OC)CCC1)c1cccc(F)c1F. The molecule has 0 spiro atoms. The van der Waals surface area contributed by atoms with E-state index in [2.05, 4.69) is 5.32 Å². The number of nitrogens with one attached hydrogen (secondary N) is 1. The largest absolute Gasteiger partial charge is 0.378 e. The highest BCUT2D eigenvalue weighted by atomic mass is 19.2. The van der Waals surface area contributed by atoms with Crippen molar-refractivity contribution in [3.8, 4) is 0 Å². The summed E-state index contributed by atoms with van der Waals surface area (Å²) in [6.45, 7) is 2.67. The third kappa shape index (κ3) is 2.95. The molecule has 1 N–H and O–H groups in total. The first-order valence-corrected chi connectivity index (χ1v) is 6.84. The van der Waals surface area contributed by atoms with Crippen LogP contribution in [-0.4, -0.2) is 19.3 Å². The lowest BCUT2D eigenvalue weighted by molar-refractivity contribution is -0.0839. The molecule has 1 saturated carbocycles. The lowest BCUT2D eigenvalue weighted by Gasteiger charge is -2.43. The molecule has 1 aliphatic carbocycles. The first kappa shape index (κ1) is 14.4. The van der Waals surface area contributed by atoms with E-state index >= 15 is 0 Å². The number of halogens is 2. The summed E-state index contributed by atoms with van der Waals surface area (Å²) in [7, 11) is 1.70. The van der Waals surface area contributed by atoms with Gasteiger partial charge in [0, 0.05) is 18.7 Å². The molecule has 2 nitrogen and oxygen atoms in total. The summed E-state index contributed by atoms with van der Waals surface area (Å²) >= 11 is 0. The molecule has 2 rings (SSSR count). The van der Waals surface area contributed by atoms with E-state index in [1.165, 1.54) is 0 Å². The molecular weight excluding hydrogens is 248 g/mol. The summed E-state index contributed by atoms with van der Waals surface area (Å²) in [6, 6.07) is 4.14. The van der Waals surface area contributed by atoms with Gasteiger partial charge in [0.05, 0.1) is 5.60 Å². The predicted molar refractivity (Wildman–Crippen MR) is 71.0 cm³/mol. The summed E-state index contributed by atoms with van der Waals surface area (Å²) in [5.41, 5.74) is 0.219. The van der Waals surface area contributed by atoms with Crippen molar-refractivity contribution < 1.29 is 13.5 Å². The molecule has 106 valence electrons. The zero-order valence-corrected chi connectivity index (χ0v) is 11.5. The van der Waals surface area contributed by atoms with Gasteiger partial charge in [0.1, 0.15) is 0 Å². The molecule has 0 aliphatic heterocycles. The molecule has 1 atom stereocenters. The minimum absolute atomic E-state index is 0.175. The fourth-order valence-electron chi connectivity index (χ4n) is 2.76. The van der Waals surface area contributed by atoms with Gasteiger partial charge >= 0.3 is 0 Å². The maximum absolute atomic E-state index is 13.9. The van der Waals surface area contributed by atoms with E-state index in [0.29, 0.717) is 18.5 Å². The van der Waals surface area contributed by atoms with Crippen LogP contribution in [0.3, 0.4) is 0 Å². The van der Waals surface area contributed by atoms with Crippen molar-refractivity contribution in [2.24, 2.45) is 0 Å². The Bertz CT molecular complexity index is 427. The Kier molecular flexibility index (Phi) is 4.53. The maximum Gasteiger partial charge on any atom is 0.163 e. The normalized spacial score (nSPS) is 18.9. The van der Waals surface area contributed by atoms with Gasteiger partial charge in [-0.1, -0.05) is 19.1 Å². The van der Waals surface area contributed by atoms with Crippen molar-refractivity contribution in [3.63, 3.8) is 0 Å². The van der Waals surface area contributed by atoms with Gasteiger partial charge in [-0.15, -0.1) is 0 Å². The molecule has 1 fully saturated rings. The molecular formula is C15H21F2NO. The highest BCUT2D eigenvalue weighted by Crippen LogP contribution is 2.42. The summed E-state index contributed by atoms with van der Waals surface area (Å²) < 4.78 is 32.9. The second-order valence-electron chi connectivity index (χ2n) is 5.20. The lowest BCUT2D eigenvalue weighted by atomic mass is 9.74. The second kappa shape index (κ2) is 5.97. The van der Waals surface area contributed by atoms with Gasteiger partial charge in [-0.25, -0.2) is 8.78 Å². The fraction of sp³-hybridized carbons (Fsp3) is 0.600. The topological polar surface area (TPSA) is 21.3 Å². The summed E-state index contributed by atoms with van der Waals surface area (Å²) in [5, 5.41) is 3.24. The summed E-state index contributed by atoms with van der Waals surface area (Å²) in [4.78, 5) is 0. The van der Waals surface area contributed by atoms with Crippen LogP contribution in [0.1, 0.15) is 44.2 Å². The third-order valence-electron chi connectivity index (χ3n) is 4.08. The van der Waals surface area contributed by atoms with E-state index in [1.807, 2.05) is 6.92 Å². The number of hydrogen-bond donors (Lipinski definition) is 1. The van der Waals surface area contributed by atoms with Crippen molar-refractivity contribution in [2.45, 2.75) is 44.2 Å². The number of methoxy groups -OCH3 is 1. The molecule has 1 aromatic carbocycles. The summed E-state index contributed by atoms with van der Waals surface area (Å²) in [6.07, 6.45) is 3.79. The molecule has 1 aliphatic rings. The van der Waals surface area contributed by atoms with E-state index < -0.39 is 11.6 Å². The van der Waals surface area contributed by atoms with Crippen molar-refractivity contribution in [2.75, 3.05) is 13.7 Å². The highest BCUT2D eigenvalue weighted by Gasteiger charge is 2.39. The van der Waals surface area contributed by atoms with Gasteiger partial charge in [-0.2, -0.15) is 0 Å². The van der Waals surface area contributed by atoms with E-state index in [1.54, 1.807) is 19.2 Å². The Labute approximate surface area is 113 Å². The van der Waals surface area contributed by atoms with Crippen LogP contribution in [0.25, 0.3) is 0 Å². The van der Waals surface area contributed by atoms with Crippen LogP contribution in [0.4, 0.5) is 8.78 Å². The molecule has 1 aromatic rings. The Morgan fingerprint density at radius 2 is 2.11 bits per heavy atom. The van der Waals surface area contributed by atoms with Gasteiger partial charge in [-0.05, 0) is 38.3 Å². The van der Waals surface area contributed by atoms with E-state index in [0.717, 1.165) is 25.3 Å². The Morgan fingerprint density at radius 3 is 2.63 bits per heavy atom. The molecule has 0 bridgehead atoms. The zero-order valence-electron chi connectivity index (χ0n) is 11.5. The van der Waals surface area contributed by atoms with Crippen molar-refractivity contribution >= 4 is 0 Å². The molecule has 0 saturated heterocycles.